The minimum atomic E-state index is -0.504. The molecule has 0 spiro atoms. The first kappa shape index (κ1) is 21.2. The zero-order valence-corrected chi connectivity index (χ0v) is 18.0. The smallest absolute Gasteiger partial charge is 0.224 e. The van der Waals surface area contributed by atoms with Crippen LogP contribution in [0.25, 0.3) is 0 Å². The zero-order chi connectivity index (χ0) is 21.2. The van der Waals surface area contributed by atoms with Crippen LogP contribution in [0.5, 0.6) is 11.5 Å². The standard InChI is InChI=1S/C23H26ClNO4/c1-14-10-17(11-15(2)22(14)24)28-9-5-6-21(27)25-16-7-8-20-18(12-16)19(26)13-23(3,4)29-20/h7-8,10-12H,5-6,9,13H2,1-4H3,(H,25,27). The second-order valence-electron chi connectivity index (χ2n) is 8.04. The number of aryl methyl sites for hydroxylation is 2. The van der Waals surface area contributed by atoms with Crippen LogP contribution in [0.1, 0.15) is 54.6 Å². The van der Waals surface area contributed by atoms with Gasteiger partial charge in [0.05, 0.1) is 18.6 Å². The van der Waals surface area contributed by atoms with E-state index in [0.717, 1.165) is 21.9 Å². The van der Waals surface area contributed by atoms with E-state index in [0.29, 0.717) is 42.9 Å². The molecule has 1 aliphatic heterocycles. The first-order valence-electron chi connectivity index (χ1n) is 9.70. The Bertz CT molecular complexity index is 929. The second kappa shape index (κ2) is 8.46. The minimum Gasteiger partial charge on any atom is -0.494 e. The molecule has 29 heavy (non-hydrogen) atoms. The molecule has 0 saturated heterocycles. The van der Waals surface area contributed by atoms with Gasteiger partial charge in [0.2, 0.25) is 5.91 Å². The maximum Gasteiger partial charge on any atom is 0.224 e. The summed E-state index contributed by atoms with van der Waals surface area (Å²) < 4.78 is 11.6. The molecule has 1 heterocycles. The Hall–Kier alpha value is -2.53. The Kier molecular flexibility index (Phi) is 6.18. The maximum atomic E-state index is 12.3. The molecule has 0 unspecified atom stereocenters. The van der Waals surface area contributed by atoms with E-state index in [1.807, 2.05) is 39.8 Å². The molecule has 1 amide bonds. The van der Waals surface area contributed by atoms with Gasteiger partial charge in [0, 0.05) is 17.1 Å². The van der Waals surface area contributed by atoms with Crippen molar-refractivity contribution in [2.75, 3.05) is 11.9 Å². The predicted octanol–water partition coefficient (Wildman–Crippen LogP) is 5.50. The summed E-state index contributed by atoms with van der Waals surface area (Å²) in [6.07, 6.45) is 1.21. The number of hydrogen-bond donors (Lipinski definition) is 1. The third kappa shape index (κ3) is 5.30. The largest absolute Gasteiger partial charge is 0.494 e. The third-order valence-corrected chi connectivity index (χ3v) is 5.36. The highest BCUT2D eigenvalue weighted by Gasteiger charge is 2.32. The number of ether oxygens (including phenoxy) is 2. The summed E-state index contributed by atoms with van der Waals surface area (Å²) in [6.45, 7) is 8.08. The Morgan fingerprint density at radius 2 is 1.90 bits per heavy atom. The number of carbonyl (C=O) groups excluding carboxylic acids is 2. The van der Waals surface area contributed by atoms with Gasteiger partial charge in [0.1, 0.15) is 17.1 Å². The van der Waals surface area contributed by atoms with E-state index in [2.05, 4.69) is 5.32 Å². The molecule has 5 nitrogen and oxygen atoms in total. The number of rotatable bonds is 6. The van der Waals surface area contributed by atoms with Crippen molar-refractivity contribution in [3.05, 3.63) is 52.0 Å². The van der Waals surface area contributed by atoms with Gasteiger partial charge in [-0.15, -0.1) is 0 Å². The maximum absolute atomic E-state index is 12.3. The van der Waals surface area contributed by atoms with Gasteiger partial charge in [-0.05, 0) is 75.6 Å². The molecule has 0 fully saturated rings. The van der Waals surface area contributed by atoms with Crippen LogP contribution in [0.15, 0.2) is 30.3 Å². The molecular weight excluding hydrogens is 390 g/mol. The summed E-state index contributed by atoms with van der Waals surface area (Å²) in [6, 6.07) is 8.95. The van der Waals surface area contributed by atoms with Crippen molar-refractivity contribution in [1.29, 1.82) is 0 Å². The lowest BCUT2D eigenvalue weighted by molar-refractivity contribution is -0.116. The number of ketones is 1. The lowest BCUT2D eigenvalue weighted by Gasteiger charge is -2.31. The average molecular weight is 416 g/mol. The second-order valence-corrected chi connectivity index (χ2v) is 8.42. The third-order valence-electron chi connectivity index (χ3n) is 4.76. The van der Waals surface area contributed by atoms with Crippen LogP contribution >= 0.6 is 11.6 Å². The van der Waals surface area contributed by atoms with Gasteiger partial charge in [-0.2, -0.15) is 0 Å². The number of amides is 1. The number of halogens is 1. The SMILES string of the molecule is Cc1cc(OCCCC(=O)Nc2ccc3c(c2)C(=O)CC(C)(C)O3)cc(C)c1Cl. The quantitative estimate of drug-likeness (QED) is 0.633. The molecule has 154 valence electrons. The van der Waals surface area contributed by atoms with Gasteiger partial charge in [-0.25, -0.2) is 0 Å². The van der Waals surface area contributed by atoms with E-state index in [-0.39, 0.29) is 11.7 Å². The van der Waals surface area contributed by atoms with Crippen molar-refractivity contribution in [2.24, 2.45) is 0 Å². The summed E-state index contributed by atoms with van der Waals surface area (Å²) >= 11 is 6.16. The van der Waals surface area contributed by atoms with Crippen molar-refractivity contribution in [1.82, 2.24) is 0 Å². The molecule has 3 rings (SSSR count). The van der Waals surface area contributed by atoms with E-state index in [1.54, 1.807) is 18.2 Å². The first-order chi connectivity index (χ1) is 13.6. The van der Waals surface area contributed by atoms with Crippen molar-refractivity contribution in [3.8, 4) is 11.5 Å². The Balaban J connectivity index is 1.50. The number of benzene rings is 2. The number of fused-ring (bicyclic) bond motifs is 1. The van der Waals surface area contributed by atoms with Crippen LogP contribution in [0.2, 0.25) is 5.02 Å². The van der Waals surface area contributed by atoms with Crippen LogP contribution in [-0.2, 0) is 4.79 Å². The van der Waals surface area contributed by atoms with Gasteiger partial charge in [-0.1, -0.05) is 11.6 Å². The first-order valence-corrected chi connectivity index (χ1v) is 10.1. The highest BCUT2D eigenvalue weighted by Crippen LogP contribution is 2.34. The fourth-order valence-electron chi connectivity index (χ4n) is 3.37. The topological polar surface area (TPSA) is 64.6 Å². The van der Waals surface area contributed by atoms with Gasteiger partial charge in [-0.3, -0.25) is 9.59 Å². The molecule has 0 aliphatic carbocycles. The van der Waals surface area contributed by atoms with E-state index in [9.17, 15) is 9.59 Å². The fraction of sp³-hybridized carbons (Fsp3) is 0.391. The summed E-state index contributed by atoms with van der Waals surface area (Å²) in [4.78, 5) is 24.6. The molecule has 2 aromatic carbocycles. The molecule has 1 N–H and O–H groups in total. The number of carbonyl (C=O) groups is 2. The normalized spacial score (nSPS) is 14.7. The molecule has 0 saturated carbocycles. The van der Waals surface area contributed by atoms with Crippen molar-refractivity contribution < 1.29 is 19.1 Å². The lowest BCUT2D eigenvalue weighted by Crippen LogP contribution is -2.35. The summed E-state index contributed by atoms with van der Waals surface area (Å²) in [5.74, 6) is 1.21. The van der Waals surface area contributed by atoms with Crippen molar-refractivity contribution >= 4 is 29.0 Å². The van der Waals surface area contributed by atoms with Crippen LogP contribution < -0.4 is 14.8 Å². The molecule has 1 aliphatic rings. The highest BCUT2D eigenvalue weighted by atomic mass is 35.5. The summed E-state index contributed by atoms with van der Waals surface area (Å²) in [7, 11) is 0. The van der Waals surface area contributed by atoms with E-state index in [4.69, 9.17) is 21.1 Å². The number of hydrogen-bond acceptors (Lipinski definition) is 4. The average Bonchev–Trinajstić information content (AvgIpc) is 2.63. The zero-order valence-electron chi connectivity index (χ0n) is 17.2. The summed E-state index contributed by atoms with van der Waals surface area (Å²) in [5.41, 5.74) is 2.53. The molecular formula is C23H26ClNO4. The Labute approximate surface area is 176 Å². The Morgan fingerprint density at radius 3 is 2.59 bits per heavy atom. The minimum absolute atomic E-state index is 0.0225. The number of anilines is 1. The van der Waals surface area contributed by atoms with E-state index in [1.165, 1.54) is 0 Å². The van der Waals surface area contributed by atoms with Crippen LogP contribution in [0.3, 0.4) is 0 Å². The molecule has 6 heteroatoms. The number of Topliss-reactive ketones (excluding diaryl/α,β-unsaturated/α-hetero) is 1. The van der Waals surface area contributed by atoms with Gasteiger partial charge in [0.25, 0.3) is 0 Å². The monoisotopic (exact) mass is 415 g/mol. The molecule has 0 bridgehead atoms. The van der Waals surface area contributed by atoms with Gasteiger partial charge >= 0.3 is 0 Å². The van der Waals surface area contributed by atoms with Gasteiger partial charge < -0.3 is 14.8 Å². The van der Waals surface area contributed by atoms with Crippen LogP contribution in [0.4, 0.5) is 5.69 Å². The Morgan fingerprint density at radius 1 is 1.21 bits per heavy atom. The van der Waals surface area contributed by atoms with E-state index < -0.39 is 5.60 Å². The highest BCUT2D eigenvalue weighted by molar-refractivity contribution is 6.32. The molecule has 2 aromatic rings. The molecule has 0 atom stereocenters. The van der Waals surface area contributed by atoms with E-state index >= 15 is 0 Å². The molecule has 0 aromatic heterocycles. The lowest BCUT2D eigenvalue weighted by atomic mass is 9.93. The number of nitrogens with one attached hydrogen (secondary N) is 1. The van der Waals surface area contributed by atoms with Crippen molar-refractivity contribution in [3.63, 3.8) is 0 Å². The van der Waals surface area contributed by atoms with Crippen LogP contribution in [0, 0.1) is 13.8 Å². The van der Waals surface area contributed by atoms with Gasteiger partial charge in [0.15, 0.2) is 5.78 Å². The predicted molar refractivity (Wildman–Crippen MR) is 114 cm³/mol. The van der Waals surface area contributed by atoms with Crippen LogP contribution in [-0.4, -0.2) is 23.9 Å². The molecule has 0 radical (unpaired) electrons. The summed E-state index contributed by atoms with van der Waals surface area (Å²) in [5, 5.41) is 3.58. The fourth-order valence-corrected chi connectivity index (χ4v) is 3.48. The van der Waals surface area contributed by atoms with Crippen molar-refractivity contribution in [2.45, 2.75) is 52.6 Å².